The molecular formula is C14H27NO2S. The highest BCUT2D eigenvalue weighted by molar-refractivity contribution is 7.99. The van der Waals surface area contributed by atoms with Gasteiger partial charge in [-0.1, -0.05) is 6.42 Å². The third kappa shape index (κ3) is 3.03. The summed E-state index contributed by atoms with van der Waals surface area (Å²) in [6, 6.07) is 0.696. The third-order valence-corrected chi connectivity index (χ3v) is 5.59. The van der Waals surface area contributed by atoms with Gasteiger partial charge in [-0.15, -0.1) is 0 Å². The minimum atomic E-state index is 0.322. The van der Waals surface area contributed by atoms with Crippen LogP contribution in [-0.4, -0.2) is 48.5 Å². The summed E-state index contributed by atoms with van der Waals surface area (Å²) in [6.45, 7) is 4.38. The average Bonchev–Trinajstić information content (AvgIpc) is 2.28. The van der Waals surface area contributed by atoms with E-state index in [2.05, 4.69) is 12.2 Å². The molecule has 0 amide bonds. The van der Waals surface area contributed by atoms with Crippen LogP contribution in [0.1, 0.15) is 39.0 Å². The Balaban J connectivity index is 1.59. The number of aliphatic hydroxyl groups is 1. The zero-order valence-corrected chi connectivity index (χ0v) is 12.3. The molecule has 2 fully saturated rings. The molecule has 2 aliphatic rings. The van der Waals surface area contributed by atoms with Crippen molar-refractivity contribution < 1.29 is 9.84 Å². The Kier molecular flexibility index (Phi) is 5.80. The minimum Gasteiger partial charge on any atom is -0.396 e. The molecule has 2 atom stereocenters. The second-order valence-electron chi connectivity index (χ2n) is 5.46. The fourth-order valence-corrected chi connectivity index (χ4v) is 4.10. The van der Waals surface area contributed by atoms with Crippen LogP contribution in [0.3, 0.4) is 0 Å². The average molecular weight is 273 g/mol. The van der Waals surface area contributed by atoms with Gasteiger partial charge in [0.15, 0.2) is 0 Å². The Morgan fingerprint density at radius 2 is 2.22 bits per heavy atom. The molecule has 18 heavy (non-hydrogen) atoms. The van der Waals surface area contributed by atoms with Crippen molar-refractivity contribution in [2.45, 2.75) is 51.2 Å². The van der Waals surface area contributed by atoms with Crippen LogP contribution >= 0.6 is 11.8 Å². The van der Waals surface area contributed by atoms with Gasteiger partial charge in [-0.25, -0.2) is 0 Å². The van der Waals surface area contributed by atoms with E-state index in [1.807, 2.05) is 11.8 Å². The largest absolute Gasteiger partial charge is 0.396 e. The third-order valence-electron chi connectivity index (χ3n) is 4.52. The van der Waals surface area contributed by atoms with E-state index in [0.29, 0.717) is 24.2 Å². The zero-order valence-electron chi connectivity index (χ0n) is 11.5. The molecule has 0 aromatic heterocycles. The van der Waals surface area contributed by atoms with Crippen molar-refractivity contribution >= 4 is 11.8 Å². The number of nitrogens with one attached hydrogen (secondary N) is 1. The van der Waals surface area contributed by atoms with Crippen LogP contribution in [0.15, 0.2) is 0 Å². The summed E-state index contributed by atoms with van der Waals surface area (Å²) >= 11 is 1.94. The first-order chi connectivity index (χ1) is 8.83. The van der Waals surface area contributed by atoms with Crippen molar-refractivity contribution in [2.75, 3.05) is 31.3 Å². The number of ether oxygens (including phenoxy) is 1. The molecular weight excluding hydrogens is 246 g/mol. The molecule has 0 heterocycles. The molecule has 106 valence electrons. The summed E-state index contributed by atoms with van der Waals surface area (Å²) in [5, 5.41) is 12.4. The Hall–Kier alpha value is 0.230. The first-order valence-corrected chi connectivity index (χ1v) is 8.52. The number of rotatable bonds is 9. The van der Waals surface area contributed by atoms with Crippen molar-refractivity contribution in [3.05, 3.63) is 0 Å². The maximum absolute atomic E-state index is 8.70. The quantitative estimate of drug-likeness (QED) is 0.631. The molecule has 2 saturated carbocycles. The van der Waals surface area contributed by atoms with Crippen molar-refractivity contribution in [2.24, 2.45) is 5.41 Å². The monoisotopic (exact) mass is 273 g/mol. The number of aliphatic hydroxyl groups excluding tert-OH is 1. The van der Waals surface area contributed by atoms with Crippen molar-refractivity contribution in [1.82, 2.24) is 5.32 Å². The summed E-state index contributed by atoms with van der Waals surface area (Å²) < 4.78 is 5.85. The molecule has 2 N–H and O–H groups in total. The summed E-state index contributed by atoms with van der Waals surface area (Å²) in [7, 11) is 0. The van der Waals surface area contributed by atoms with Crippen molar-refractivity contribution in [3.8, 4) is 0 Å². The lowest BCUT2D eigenvalue weighted by atomic mass is 9.51. The standard InChI is InChI=1S/C14H27NO2S/c1-2-17-13-11-12(14(13)5-3-6-14)15-7-10-18-9-4-8-16/h12-13,15-16H,2-11H2,1H3. The van der Waals surface area contributed by atoms with Crippen LogP contribution in [-0.2, 0) is 4.74 Å². The minimum absolute atomic E-state index is 0.322. The fourth-order valence-electron chi connectivity index (χ4n) is 3.30. The Morgan fingerprint density at radius 1 is 1.39 bits per heavy atom. The highest BCUT2D eigenvalue weighted by Crippen LogP contribution is 2.57. The van der Waals surface area contributed by atoms with Crippen LogP contribution in [0.5, 0.6) is 0 Å². The molecule has 2 aliphatic carbocycles. The van der Waals surface area contributed by atoms with E-state index in [1.54, 1.807) is 0 Å². The van der Waals surface area contributed by atoms with Crippen molar-refractivity contribution in [1.29, 1.82) is 0 Å². The van der Waals surface area contributed by atoms with Crippen LogP contribution in [0.25, 0.3) is 0 Å². The first kappa shape index (κ1) is 14.6. The van der Waals surface area contributed by atoms with Gasteiger partial charge in [0.2, 0.25) is 0 Å². The molecule has 2 unspecified atom stereocenters. The summed E-state index contributed by atoms with van der Waals surface area (Å²) in [6.07, 6.45) is 6.74. The van der Waals surface area contributed by atoms with E-state index in [1.165, 1.54) is 25.7 Å². The second kappa shape index (κ2) is 7.13. The maximum Gasteiger partial charge on any atom is 0.0661 e. The smallest absolute Gasteiger partial charge is 0.0661 e. The number of hydrogen-bond donors (Lipinski definition) is 2. The topological polar surface area (TPSA) is 41.5 Å². The Labute approximate surface area is 115 Å². The normalized spacial score (nSPS) is 29.0. The second-order valence-corrected chi connectivity index (χ2v) is 6.69. The van der Waals surface area contributed by atoms with Crippen molar-refractivity contribution in [3.63, 3.8) is 0 Å². The highest BCUT2D eigenvalue weighted by Gasteiger charge is 2.58. The molecule has 2 rings (SSSR count). The van der Waals surface area contributed by atoms with Crippen LogP contribution in [0.2, 0.25) is 0 Å². The molecule has 1 spiro atoms. The van der Waals surface area contributed by atoms with Gasteiger partial charge in [0, 0.05) is 37.0 Å². The first-order valence-electron chi connectivity index (χ1n) is 7.37. The molecule has 0 aliphatic heterocycles. The summed E-state index contributed by atoms with van der Waals surface area (Å²) in [5.41, 5.74) is 0.492. The van der Waals surface area contributed by atoms with E-state index in [9.17, 15) is 0 Å². The Bertz CT molecular complexity index is 246. The predicted molar refractivity (Wildman–Crippen MR) is 77.1 cm³/mol. The van der Waals surface area contributed by atoms with E-state index in [-0.39, 0.29) is 0 Å². The molecule has 0 radical (unpaired) electrons. The van der Waals surface area contributed by atoms with E-state index < -0.39 is 0 Å². The molecule has 0 aromatic rings. The predicted octanol–water partition coefficient (Wildman–Crippen LogP) is 2.04. The van der Waals surface area contributed by atoms with Gasteiger partial charge in [0.1, 0.15) is 0 Å². The van der Waals surface area contributed by atoms with Gasteiger partial charge in [-0.05, 0) is 38.4 Å². The summed E-state index contributed by atoms with van der Waals surface area (Å²) in [5.74, 6) is 2.24. The van der Waals surface area contributed by atoms with Crippen LogP contribution in [0.4, 0.5) is 0 Å². The van der Waals surface area contributed by atoms with Gasteiger partial charge < -0.3 is 15.2 Å². The van der Waals surface area contributed by atoms with Gasteiger partial charge in [0.05, 0.1) is 6.10 Å². The maximum atomic E-state index is 8.70. The molecule has 4 heteroatoms. The zero-order chi connectivity index (χ0) is 12.8. The van der Waals surface area contributed by atoms with Crippen LogP contribution in [0, 0.1) is 5.41 Å². The fraction of sp³-hybridized carbons (Fsp3) is 1.00. The Morgan fingerprint density at radius 3 is 2.83 bits per heavy atom. The lowest BCUT2D eigenvalue weighted by Gasteiger charge is -2.61. The van der Waals surface area contributed by atoms with Gasteiger partial charge in [0.25, 0.3) is 0 Å². The van der Waals surface area contributed by atoms with Gasteiger partial charge in [-0.2, -0.15) is 11.8 Å². The number of thioether (sulfide) groups is 1. The highest BCUT2D eigenvalue weighted by atomic mass is 32.2. The summed E-state index contributed by atoms with van der Waals surface area (Å²) in [4.78, 5) is 0. The lowest BCUT2D eigenvalue weighted by molar-refractivity contribution is -0.172. The van der Waals surface area contributed by atoms with Crippen LogP contribution < -0.4 is 5.32 Å². The van der Waals surface area contributed by atoms with E-state index in [0.717, 1.165) is 31.1 Å². The van der Waals surface area contributed by atoms with E-state index >= 15 is 0 Å². The molecule has 0 aromatic carbocycles. The lowest BCUT2D eigenvalue weighted by Crippen LogP contribution is -2.67. The van der Waals surface area contributed by atoms with Gasteiger partial charge in [-0.3, -0.25) is 0 Å². The van der Waals surface area contributed by atoms with E-state index in [4.69, 9.17) is 9.84 Å². The molecule has 3 nitrogen and oxygen atoms in total. The molecule has 0 saturated heterocycles. The SMILES string of the molecule is CCOC1CC(NCCSCCCO)C12CCC2. The van der Waals surface area contributed by atoms with Gasteiger partial charge >= 0.3 is 0 Å². The number of hydrogen-bond acceptors (Lipinski definition) is 4. The molecule has 0 bridgehead atoms.